The lowest BCUT2D eigenvalue weighted by Gasteiger charge is -2.07. The maximum Gasteiger partial charge on any atom is 0.446 e. The van der Waals surface area contributed by atoms with Crippen molar-refractivity contribution in [2.24, 2.45) is 0 Å². The predicted octanol–water partition coefficient (Wildman–Crippen LogP) is 4.03. The van der Waals surface area contributed by atoms with Crippen molar-refractivity contribution in [3.8, 4) is 0 Å². The number of nitrogens with one attached hydrogen (secondary N) is 1. The molecule has 2 rings (SSSR count). The summed E-state index contributed by atoms with van der Waals surface area (Å²) < 4.78 is 36.6. The molecule has 1 N–H and O–H groups in total. The second-order valence-electron chi connectivity index (χ2n) is 4.44. The van der Waals surface area contributed by atoms with Gasteiger partial charge in [0.15, 0.2) is 0 Å². The number of aromatic nitrogens is 1. The van der Waals surface area contributed by atoms with Crippen LogP contribution in [0.25, 0.3) is 0 Å². The lowest BCUT2D eigenvalue weighted by Crippen LogP contribution is -2.17. The molecular formula is C15H15F3N2S. The molecule has 0 amide bonds. The molecule has 0 atom stereocenters. The van der Waals surface area contributed by atoms with Crippen molar-refractivity contribution < 1.29 is 13.2 Å². The largest absolute Gasteiger partial charge is 0.446 e. The van der Waals surface area contributed by atoms with Crippen LogP contribution in [-0.4, -0.2) is 17.0 Å². The Morgan fingerprint density at radius 2 is 1.81 bits per heavy atom. The highest BCUT2D eigenvalue weighted by molar-refractivity contribution is 8.00. The zero-order valence-electron chi connectivity index (χ0n) is 11.2. The van der Waals surface area contributed by atoms with Crippen molar-refractivity contribution in [3.05, 3.63) is 59.9 Å². The number of benzene rings is 1. The van der Waals surface area contributed by atoms with Gasteiger partial charge in [0.05, 0.1) is 0 Å². The van der Waals surface area contributed by atoms with Gasteiger partial charge in [-0.25, -0.2) is 0 Å². The summed E-state index contributed by atoms with van der Waals surface area (Å²) in [5, 5.41) is 3.25. The summed E-state index contributed by atoms with van der Waals surface area (Å²) >= 11 is -0.0936. The molecule has 0 unspecified atom stereocenters. The van der Waals surface area contributed by atoms with Gasteiger partial charge in [-0.1, -0.05) is 18.2 Å². The smallest absolute Gasteiger partial charge is 0.312 e. The van der Waals surface area contributed by atoms with E-state index in [0.717, 1.165) is 24.2 Å². The van der Waals surface area contributed by atoms with Gasteiger partial charge in [0, 0.05) is 36.3 Å². The molecule has 0 saturated carbocycles. The highest BCUT2D eigenvalue weighted by Gasteiger charge is 2.28. The van der Waals surface area contributed by atoms with Gasteiger partial charge in [0.1, 0.15) is 0 Å². The van der Waals surface area contributed by atoms with Crippen molar-refractivity contribution in [2.45, 2.75) is 23.4 Å². The van der Waals surface area contributed by atoms with E-state index in [4.69, 9.17) is 0 Å². The van der Waals surface area contributed by atoms with Gasteiger partial charge in [0.2, 0.25) is 0 Å². The van der Waals surface area contributed by atoms with E-state index in [1.165, 1.54) is 12.1 Å². The Morgan fingerprint density at radius 1 is 1.05 bits per heavy atom. The second kappa shape index (κ2) is 7.47. The van der Waals surface area contributed by atoms with Crippen LogP contribution < -0.4 is 5.32 Å². The summed E-state index contributed by atoms with van der Waals surface area (Å²) in [5.74, 6) is 0. The quantitative estimate of drug-likeness (QED) is 0.644. The Kier molecular flexibility index (Phi) is 5.64. The SMILES string of the molecule is FC(F)(F)Sc1ccc(CNCCc2ccccn2)cc1. The van der Waals surface area contributed by atoms with E-state index in [2.05, 4.69) is 10.3 Å². The molecule has 0 spiro atoms. The fraction of sp³-hybridized carbons (Fsp3) is 0.267. The number of hydrogen-bond donors (Lipinski definition) is 1. The standard InChI is InChI=1S/C15H15F3N2S/c16-15(17,18)21-14-6-4-12(5-7-14)11-19-10-8-13-3-1-2-9-20-13/h1-7,9,19H,8,10-11H2. The molecule has 21 heavy (non-hydrogen) atoms. The molecule has 0 saturated heterocycles. The third-order valence-corrected chi connectivity index (χ3v) is 3.51. The van der Waals surface area contributed by atoms with Gasteiger partial charge in [-0.3, -0.25) is 4.98 Å². The predicted molar refractivity (Wildman–Crippen MR) is 78.0 cm³/mol. The maximum absolute atomic E-state index is 12.2. The van der Waals surface area contributed by atoms with E-state index in [-0.39, 0.29) is 16.7 Å². The lowest BCUT2D eigenvalue weighted by atomic mass is 10.2. The molecule has 0 aliphatic heterocycles. The molecule has 6 heteroatoms. The topological polar surface area (TPSA) is 24.9 Å². The van der Waals surface area contributed by atoms with Crippen LogP contribution in [0.1, 0.15) is 11.3 Å². The Balaban J connectivity index is 1.74. The van der Waals surface area contributed by atoms with Gasteiger partial charge >= 0.3 is 5.51 Å². The van der Waals surface area contributed by atoms with E-state index >= 15 is 0 Å². The summed E-state index contributed by atoms with van der Waals surface area (Å²) in [6, 6.07) is 12.2. The minimum atomic E-state index is -4.23. The van der Waals surface area contributed by atoms with E-state index in [1.54, 1.807) is 18.3 Å². The van der Waals surface area contributed by atoms with Gasteiger partial charge in [-0.05, 0) is 41.6 Å². The zero-order valence-corrected chi connectivity index (χ0v) is 12.0. The molecule has 0 aliphatic rings. The average molecular weight is 312 g/mol. The first-order valence-corrected chi connectivity index (χ1v) is 7.30. The molecule has 0 radical (unpaired) electrons. The van der Waals surface area contributed by atoms with Crippen LogP contribution in [-0.2, 0) is 13.0 Å². The van der Waals surface area contributed by atoms with E-state index in [9.17, 15) is 13.2 Å². The van der Waals surface area contributed by atoms with Gasteiger partial charge in [-0.2, -0.15) is 13.2 Å². The van der Waals surface area contributed by atoms with E-state index in [1.807, 2.05) is 18.2 Å². The molecule has 1 aromatic carbocycles. The summed E-state index contributed by atoms with van der Waals surface area (Å²) in [6.07, 6.45) is 2.58. The maximum atomic E-state index is 12.2. The van der Waals surface area contributed by atoms with Crippen LogP contribution in [0, 0.1) is 0 Å². The van der Waals surface area contributed by atoms with Crippen LogP contribution in [0.2, 0.25) is 0 Å². The molecule has 1 heterocycles. The normalized spacial score (nSPS) is 11.6. The summed E-state index contributed by atoms with van der Waals surface area (Å²) in [7, 11) is 0. The van der Waals surface area contributed by atoms with Gasteiger partial charge < -0.3 is 5.32 Å². The van der Waals surface area contributed by atoms with E-state index < -0.39 is 5.51 Å². The Bertz CT molecular complexity index is 541. The molecule has 0 fully saturated rings. The first-order valence-electron chi connectivity index (χ1n) is 6.48. The van der Waals surface area contributed by atoms with Gasteiger partial charge in [0.25, 0.3) is 0 Å². The number of hydrogen-bond acceptors (Lipinski definition) is 3. The van der Waals surface area contributed by atoms with E-state index in [0.29, 0.717) is 6.54 Å². The molecule has 1 aromatic heterocycles. The van der Waals surface area contributed by atoms with Crippen LogP contribution in [0.5, 0.6) is 0 Å². The number of nitrogens with zero attached hydrogens (tertiary/aromatic N) is 1. The van der Waals surface area contributed by atoms with Crippen LogP contribution in [0.4, 0.5) is 13.2 Å². The molecule has 0 bridgehead atoms. The first kappa shape index (κ1) is 15.9. The zero-order chi connectivity index (χ0) is 15.1. The average Bonchev–Trinajstić information content (AvgIpc) is 2.45. The minimum Gasteiger partial charge on any atom is -0.312 e. The highest BCUT2D eigenvalue weighted by Crippen LogP contribution is 2.36. The molecule has 112 valence electrons. The Morgan fingerprint density at radius 3 is 2.43 bits per heavy atom. The summed E-state index contributed by atoms with van der Waals surface area (Å²) in [4.78, 5) is 4.43. The summed E-state index contributed by atoms with van der Waals surface area (Å²) in [5.41, 5.74) is -2.26. The molecule has 2 aromatic rings. The van der Waals surface area contributed by atoms with Crippen molar-refractivity contribution in [1.29, 1.82) is 0 Å². The monoisotopic (exact) mass is 312 g/mol. The third kappa shape index (κ3) is 6.18. The van der Waals surface area contributed by atoms with Crippen molar-refractivity contribution in [2.75, 3.05) is 6.54 Å². The van der Waals surface area contributed by atoms with Crippen LogP contribution in [0.3, 0.4) is 0 Å². The molecular weight excluding hydrogens is 297 g/mol. The summed E-state index contributed by atoms with van der Waals surface area (Å²) in [6.45, 7) is 1.40. The number of pyridine rings is 1. The van der Waals surface area contributed by atoms with Crippen molar-refractivity contribution in [3.63, 3.8) is 0 Å². The third-order valence-electron chi connectivity index (χ3n) is 2.77. The minimum absolute atomic E-state index is 0.0936. The van der Waals surface area contributed by atoms with Crippen molar-refractivity contribution in [1.82, 2.24) is 10.3 Å². The molecule has 0 aliphatic carbocycles. The van der Waals surface area contributed by atoms with Crippen molar-refractivity contribution >= 4 is 11.8 Å². The number of thioether (sulfide) groups is 1. The van der Waals surface area contributed by atoms with Gasteiger partial charge in [-0.15, -0.1) is 0 Å². The Labute approximate surface area is 125 Å². The Hall–Kier alpha value is -1.53. The second-order valence-corrected chi connectivity index (χ2v) is 5.58. The lowest BCUT2D eigenvalue weighted by molar-refractivity contribution is -0.0328. The molecule has 2 nitrogen and oxygen atoms in total. The first-order chi connectivity index (χ1) is 10.0. The van der Waals surface area contributed by atoms with Crippen LogP contribution >= 0.6 is 11.8 Å². The number of rotatable bonds is 6. The van der Waals surface area contributed by atoms with Crippen LogP contribution in [0.15, 0.2) is 53.6 Å². The number of alkyl halides is 3. The number of halogens is 3. The highest BCUT2D eigenvalue weighted by atomic mass is 32.2. The fourth-order valence-electron chi connectivity index (χ4n) is 1.80. The fourth-order valence-corrected chi connectivity index (χ4v) is 2.34.